The Kier molecular flexibility index (Phi) is 35.4. The van der Waals surface area contributed by atoms with Crippen molar-refractivity contribution >= 4 is 5.91 Å². The number of unbranched alkanes of at least 4 members (excludes halogenated alkanes) is 26. The molecule has 0 aromatic carbocycles. The Morgan fingerprint density at radius 2 is 1.02 bits per heavy atom. The zero-order valence-electron chi connectivity index (χ0n) is 36.5. The summed E-state index contributed by atoms with van der Waals surface area (Å²) in [6, 6.07) is -0.985. The average molecular weight is 812 g/mol. The molecule has 57 heavy (non-hydrogen) atoms. The molecule has 8 atom stereocenters. The monoisotopic (exact) mass is 812 g/mol. The van der Waals surface area contributed by atoms with Crippen molar-refractivity contribution in [3.05, 3.63) is 24.3 Å². The predicted molar refractivity (Wildman–Crippen MR) is 232 cm³/mol. The zero-order valence-corrected chi connectivity index (χ0v) is 36.5. The summed E-state index contributed by atoms with van der Waals surface area (Å²) in [6.07, 6.45) is 34.1. The van der Waals surface area contributed by atoms with Crippen LogP contribution in [0, 0.1) is 0 Å². The first-order chi connectivity index (χ1) is 27.8. The highest BCUT2D eigenvalue weighted by atomic mass is 16.7. The molecule has 1 fully saturated rings. The fourth-order valence-corrected chi connectivity index (χ4v) is 7.45. The smallest absolute Gasteiger partial charge is 0.249 e. The first-order valence-corrected chi connectivity index (χ1v) is 23.7. The maximum atomic E-state index is 13.0. The van der Waals surface area contributed by atoms with E-state index in [9.17, 15) is 35.4 Å². The number of nitrogens with one attached hydrogen (secondary N) is 1. The van der Waals surface area contributed by atoms with Gasteiger partial charge in [0.25, 0.3) is 0 Å². The lowest BCUT2D eigenvalue weighted by atomic mass is 9.99. The Hall–Kier alpha value is -1.37. The third kappa shape index (κ3) is 27.9. The van der Waals surface area contributed by atoms with Crippen molar-refractivity contribution in [1.29, 1.82) is 0 Å². The molecule has 1 aliphatic rings. The molecule has 7 N–H and O–H groups in total. The van der Waals surface area contributed by atoms with Crippen LogP contribution in [0.2, 0.25) is 0 Å². The summed E-state index contributed by atoms with van der Waals surface area (Å²) in [5, 5.41) is 64.6. The topological polar surface area (TPSA) is 169 Å². The largest absolute Gasteiger partial charge is 0.394 e. The Morgan fingerprint density at radius 3 is 1.49 bits per heavy atom. The number of aliphatic hydroxyl groups is 6. The molecule has 10 heteroatoms. The van der Waals surface area contributed by atoms with Gasteiger partial charge in [0, 0.05) is 0 Å². The lowest BCUT2D eigenvalue weighted by Crippen LogP contribution is -2.60. The quantitative estimate of drug-likeness (QED) is 0.0237. The van der Waals surface area contributed by atoms with Crippen LogP contribution >= 0.6 is 0 Å². The highest BCUT2D eigenvalue weighted by Gasteiger charge is 2.44. The average Bonchev–Trinajstić information content (AvgIpc) is 3.21. The van der Waals surface area contributed by atoms with E-state index in [1.54, 1.807) is 6.08 Å². The van der Waals surface area contributed by atoms with E-state index in [1.807, 2.05) is 6.08 Å². The molecular weight excluding hydrogens is 723 g/mol. The van der Waals surface area contributed by atoms with Crippen LogP contribution in [0.15, 0.2) is 24.3 Å². The van der Waals surface area contributed by atoms with Gasteiger partial charge < -0.3 is 45.4 Å². The van der Waals surface area contributed by atoms with Gasteiger partial charge in [0.15, 0.2) is 6.29 Å². The molecule has 1 heterocycles. The van der Waals surface area contributed by atoms with Gasteiger partial charge in [-0.2, -0.15) is 0 Å². The molecule has 1 saturated heterocycles. The van der Waals surface area contributed by atoms with Gasteiger partial charge in [0.2, 0.25) is 5.91 Å². The van der Waals surface area contributed by atoms with E-state index in [2.05, 4.69) is 31.3 Å². The number of rotatable bonds is 39. The van der Waals surface area contributed by atoms with Gasteiger partial charge in [-0.25, -0.2) is 0 Å². The van der Waals surface area contributed by atoms with Gasteiger partial charge in [-0.3, -0.25) is 4.79 Å². The molecule has 0 aliphatic carbocycles. The minimum atomic E-state index is -1.61. The number of allylic oxidation sites excluding steroid dienone is 3. The van der Waals surface area contributed by atoms with Crippen LogP contribution in [0.4, 0.5) is 0 Å². The van der Waals surface area contributed by atoms with Gasteiger partial charge in [0.05, 0.1) is 25.4 Å². The summed E-state index contributed by atoms with van der Waals surface area (Å²) >= 11 is 0. The van der Waals surface area contributed by atoms with Gasteiger partial charge in [-0.05, 0) is 44.9 Å². The van der Waals surface area contributed by atoms with E-state index in [4.69, 9.17) is 9.47 Å². The van der Waals surface area contributed by atoms with Crippen LogP contribution in [0.5, 0.6) is 0 Å². The Balaban J connectivity index is 2.38. The number of ether oxygens (including phenoxy) is 2. The normalized spacial score (nSPS) is 21.7. The number of carbonyl (C=O) groups is 1. The van der Waals surface area contributed by atoms with Crippen molar-refractivity contribution in [2.75, 3.05) is 13.2 Å². The number of hydrogen-bond acceptors (Lipinski definition) is 9. The minimum Gasteiger partial charge on any atom is -0.394 e. The second-order valence-corrected chi connectivity index (χ2v) is 16.7. The second-order valence-electron chi connectivity index (χ2n) is 16.7. The molecule has 1 amide bonds. The molecule has 336 valence electrons. The fraction of sp³-hybridized carbons (Fsp3) is 0.894. The second kappa shape index (κ2) is 37.6. The van der Waals surface area contributed by atoms with Crippen molar-refractivity contribution in [1.82, 2.24) is 5.32 Å². The van der Waals surface area contributed by atoms with E-state index in [-0.39, 0.29) is 6.61 Å². The third-order valence-corrected chi connectivity index (χ3v) is 11.4. The Bertz CT molecular complexity index is 963. The first-order valence-electron chi connectivity index (χ1n) is 23.7. The molecule has 10 nitrogen and oxygen atoms in total. The van der Waals surface area contributed by atoms with E-state index >= 15 is 0 Å². The van der Waals surface area contributed by atoms with Crippen LogP contribution in [0.1, 0.15) is 206 Å². The minimum absolute atomic E-state index is 0.310. The first kappa shape index (κ1) is 53.6. The van der Waals surface area contributed by atoms with Crippen LogP contribution in [0.3, 0.4) is 0 Å². The van der Waals surface area contributed by atoms with Gasteiger partial charge >= 0.3 is 0 Å². The number of carbonyl (C=O) groups excluding carboxylic acids is 1. The van der Waals surface area contributed by atoms with Crippen molar-refractivity contribution < 1.29 is 44.9 Å². The molecular formula is C47H89NO9. The zero-order chi connectivity index (χ0) is 41.8. The Labute approximate surface area is 348 Å². The highest BCUT2D eigenvalue weighted by Crippen LogP contribution is 2.23. The molecule has 0 unspecified atom stereocenters. The van der Waals surface area contributed by atoms with Gasteiger partial charge in [0.1, 0.15) is 30.5 Å². The summed E-state index contributed by atoms with van der Waals surface area (Å²) in [5.74, 6) is -0.621. The molecule has 1 aliphatic heterocycles. The number of hydrogen-bond donors (Lipinski definition) is 7. The maximum absolute atomic E-state index is 13.0. The maximum Gasteiger partial charge on any atom is 0.249 e. The molecule has 0 aromatic rings. The van der Waals surface area contributed by atoms with E-state index in [0.29, 0.717) is 6.42 Å². The highest BCUT2D eigenvalue weighted by molar-refractivity contribution is 5.80. The predicted octanol–water partition coefficient (Wildman–Crippen LogP) is 8.86. The summed E-state index contributed by atoms with van der Waals surface area (Å²) in [5.41, 5.74) is 0. The summed E-state index contributed by atoms with van der Waals surface area (Å²) in [4.78, 5) is 13.0. The van der Waals surface area contributed by atoms with E-state index in [0.717, 1.165) is 57.8 Å². The summed E-state index contributed by atoms with van der Waals surface area (Å²) in [7, 11) is 0. The molecule has 0 radical (unpaired) electrons. The van der Waals surface area contributed by atoms with E-state index < -0.39 is 61.5 Å². The number of aliphatic hydroxyl groups excluding tert-OH is 6. The third-order valence-electron chi connectivity index (χ3n) is 11.4. The van der Waals surface area contributed by atoms with Crippen molar-refractivity contribution in [2.45, 2.75) is 255 Å². The number of amides is 1. The van der Waals surface area contributed by atoms with E-state index in [1.165, 1.54) is 128 Å². The SMILES string of the molecule is CCCCCCC/C=C/CCCC/C=C/[C@@H](O)[C@H](CO[C@@H]1O[C@H](CO)[C@@H](O)[C@H](O)[C@H]1O)NC(=O)[C@H](O)CCCCCCCCCCCCCCCCCCCCC. The summed E-state index contributed by atoms with van der Waals surface area (Å²) in [6.45, 7) is 3.59. The van der Waals surface area contributed by atoms with Crippen LogP contribution in [-0.4, -0.2) is 98.7 Å². The molecule has 0 saturated carbocycles. The lowest BCUT2D eigenvalue weighted by Gasteiger charge is -2.40. The van der Waals surface area contributed by atoms with Crippen LogP contribution < -0.4 is 5.32 Å². The van der Waals surface area contributed by atoms with Crippen molar-refractivity contribution in [3.63, 3.8) is 0 Å². The lowest BCUT2D eigenvalue weighted by molar-refractivity contribution is -0.302. The fourth-order valence-electron chi connectivity index (χ4n) is 7.45. The van der Waals surface area contributed by atoms with Crippen LogP contribution in [-0.2, 0) is 14.3 Å². The standard InChI is InChI=1S/C47H89NO9/c1-3-5-7-9-11-13-15-17-18-19-20-21-22-24-26-28-30-32-34-36-41(51)46(55)48-39(38-56-47-45(54)44(53)43(52)42(37-49)57-47)40(50)35-33-31-29-27-25-23-16-14-12-10-8-6-4-2/h16,23,33,35,39-45,47,49-54H,3-15,17-22,24-32,34,36-38H2,1-2H3,(H,48,55)/b23-16+,35-33+/t39-,40+,41+,42+,43+,44-,45+,47+/m0/s1. The van der Waals surface area contributed by atoms with Gasteiger partial charge in [-0.1, -0.05) is 186 Å². The van der Waals surface area contributed by atoms with Crippen molar-refractivity contribution in [2.24, 2.45) is 0 Å². The molecule has 0 bridgehead atoms. The van der Waals surface area contributed by atoms with Gasteiger partial charge in [-0.15, -0.1) is 0 Å². The molecule has 1 rings (SSSR count). The van der Waals surface area contributed by atoms with Crippen LogP contribution in [0.25, 0.3) is 0 Å². The molecule has 0 spiro atoms. The Morgan fingerprint density at radius 1 is 0.596 bits per heavy atom. The van der Waals surface area contributed by atoms with Crippen molar-refractivity contribution in [3.8, 4) is 0 Å². The molecule has 0 aromatic heterocycles. The summed E-state index contributed by atoms with van der Waals surface area (Å²) < 4.78 is 11.1.